The minimum atomic E-state index is -2.79. The molecule has 0 amide bonds. The Labute approximate surface area is 139 Å². The molecule has 0 aliphatic rings. The molecule has 0 spiro atoms. The summed E-state index contributed by atoms with van der Waals surface area (Å²) in [5, 5.41) is 2.99. The maximum Gasteiger partial charge on any atom is 0.502 e. The Morgan fingerprint density at radius 2 is 1.48 bits per heavy atom. The summed E-state index contributed by atoms with van der Waals surface area (Å²) in [7, 11) is -0.243. The first-order valence-corrected chi connectivity index (χ1v) is 9.71. The lowest BCUT2D eigenvalue weighted by Gasteiger charge is -2.29. The lowest BCUT2D eigenvalue weighted by molar-refractivity contribution is -0.149. The van der Waals surface area contributed by atoms with Crippen molar-refractivity contribution in [1.82, 2.24) is 5.32 Å². The monoisotopic (exact) mass is 351 g/mol. The average molecular weight is 351 g/mol. The smallest absolute Gasteiger partial charge is 0.469 e. The van der Waals surface area contributed by atoms with Gasteiger partial charge in [-0.1, -0.05) is 0 Å². The predicted octanol–water partition coefficient (Wildman–Crippen LogP) is 0.729. The van der Waals surface area contributed by atoms with Crippen LogP contribution in [0.1, 0.15) is 27.2 Å². The fourth-order valence-corrected chi connectivity index (χ4v) is 4.48. The van der Waals surface area contributed by atoms with Crippen molar-refractivity contribution in [2.75, 3.05) is 40.6 Å². The van der Waals surface area contributed by atoms with Gasteiger partial charge in [0.1, 0.15) is 6.04 Å². The van der Waals surface area contributed by atoms with Crippen LogP contribution in [0.15, 0.2) is 0 Å². The quantitative estimate of drug-likeness (QED) is 0.383. The highest BCUT2D eigenvalue weighted by atomic mass is 28.4. The maximum absolute atomic E-state index is 11.7. The first-order valence-electron chi connectivity index (χ1n) is 7.78. The fraction of sp³-hybridized carbons (Fsp3) is 0.857. The normalized spacial score (nSPS) is 12.7. The van der Waals surface area contributed by atoms with Crippen LogP contribution in [0.4, 0.5) is 0 Å². The number of hydrogen-bond acceptors (Lipinski definition) is 8. The zero-order valence-corrected chi connectivity index (χ0v) is 15.7. The molecule has 0 saturated carbocycles. The summed E-state index contributed by atoms with van der Waals surface area (Å²) >= 11 is 0. The van der Waals surface area contributed by atoms with Gasteiger partial charge in [0.2, 0.25) is 0 Å². The number of ether oxygens (including phenoxy) is 2. The number of esters is 2. The molecule has 0 aliphatic heterocycles. The van der Waals surface area contributed by atoms with Gasteiger partial charge in [-0.25, -0.2) is 0 Å². The molecule has 0 aromatic heterocycles. The Balaban J connectivity index is 4.71. The molecule has 0 heterocycles. The highest BCUT2D eigenvalue weighted by Crippen LogP contribution is 2.15. The van der Waals surface area contributed by atoms with E-state index in [9.17, 15) is 9.59 Å². The van der Waals surface area contributed by atoms with Gasteiger partial charge in [-0.15, -0.1) is 0 Å². The van der Waals surface area contributed by atoms with Gasteiger partial charge < -0.3 is 28.1 Å². The Kier molecular flexibility index (Phi) is 11.9. The average Bonchev–Trinajstić information content (AvgIpc) is 2.53. The third kappa shape index (κ3) is 8.42. The molecule has 0 aromatic carbocycles. The Bertz CT molecular complexity index is 337. The molecule has 0 rings (SSSR count). The maximum atomic E-state index is 11.7. The van der Waals surface area contributed by atoms with Gasteiger partial charge in [0.15, 0.2) is 0 Å². The second kappa shape index (κ2) is 12.4. The molecule has 23 heavy (non-hydrogen) atoms. The Hall–Kier alpha value is -1.00. The van der Waals surface area contributed by atoms with Crippen LogP contribution < -0.4 is 5.32 Å². The van der Waals surface area contributed by atoms with E-state index >= 15 is 0 Å². The largest absolute Gasteiger partial charge is 0.502 e. The van der Waals surface area contributed by atoms with Gasteiger partial charge in [-0.3, -0.25) is 9.59 Å². The summed E-state index contributed by atoms with van der Waals surface area (Å²) in [5.74, 6) is -1.01. The third-order valence-electron chi connectivity index (χ3n) is 3.00. The summed E-state index contributed by atoms with van der Waals surface area (Å²) in [6, 6.07) is -0.291. The SMILES string of the molecule is CCO[Si](CCNC(CC(=O)OC)C(=O)OC)(OCC)OCC. The van der Waals surface area contributed by atoms with Gasteiger partial charge in [-0.2, -0.15) is 0 Å². The number of rotatable bonds is 13. The van der Waals surface area contributed by atoms with Gasteiger partial charge in [-0.05, 0) is 20.8 Å². The molecule has 9 heteroatoms. The van der Waals surface area contributed by atoms with Gasteiger partial charge >= 0.3 is 20.7 Å². The zero-order chi connectivity index (χ0) is 17.7. The second-order valence-electron chi connectivity index (χ2n) is 4.54. The van der Waals surface area contributed by atoms with E-state index in [2.05, 4.69) is 10.1 Å². The molecule has 1 unspecified atom stereocenters. The summed E-state index contributed by atoms with van der Waals surface area (Å²) in [5.41, 5.74) is 0. The molecule has 1 atom stereocenters. The van der Waals surface area contributed by atoms with Crippen molar-refractivity contribution in [1.29, 1.82) is 0 Å². The molecular formula is C14H29NO7Si. The first-order chi connectivity index (χ1) is 11.0. The van der Waals surface area contributed by atoms with Crippen LogP contribution in [0, 0.1) is 0 Å². The number of carbonyl (C=O) groups is 2. The molecule has 0 aliphatic carbocycles. The Morgan fingerprint density at radius 1 is 0.957 bits per heavy atom. The molecule has 0 radical (unpaired) electrons. The van der Waals surface area contributed by atoms with Crippen LogP contribution in [0.2, 0.25) is 6.04 Å². The van der Waals surface area contributed by atoms with Gasteiger partial charge in [0.05, 0.1) is 20.6 Å². The van der Waals surface area contributed by atoms with Crippen molar-refractivity contribution in [3.8, 4) is 0 Å². The van der Waals surface area contributed by atoms with E-state index in [0.29, 0.717) is 32.4 Å². The van der Waals surface area contributed by atoms with Crippen molar-refractivity contribution in [3.63, 3.8) is 0 Å². The topological polar surface area (TPSA) is 92.3 Å². The van der Waals surface area contributed by atoms with E-state index in [1.807, 2.05) is 20.8 Å². The van der Waals surface area contributed by atoms with Gasteiger partial charge in [0, 0.05) is 32.4 Å². The summed E-state index contributed by atoms with van der Waals surface area (Å²) in [6.45, 7) is 7.46. The van der Waals surface area contributed by atoms with Crippen LogP contribution >= 0.6 is 0 Å². The summed E-state index contributed by atoms with van der Waals surface area (Å²) in [4.78, 5) is 23.1. The lowest BCUT2D eigenvalue weighted by atomic mass is 10.2. The lowest BCUT2D eigenvalue weighted by Crippen LogP contribution is -2.49. The Morgan fingerprint density at radius 3 is 1.87 bits per heavy atom. The van der Waals surface area contributed by atoms with E-state index < -0.39 is 26.8 Å². The fourth-order valence-electron chi connectivity index (χ4n) is 2.03. The molecule has 8 nitrogen and oxygen atoms in total. The highest BCUT2D eigenvalue weighted by Gasteiger charge is 2.40. The summed E-state index contributed by atoms with van der Waals surface area (Å²) < 4.78 is 26.5. The zero-order valence-electron chi connectivity index (χ0n) is 14.7. The molecule has 1 N–H and O–H groups in total. The van der Waals surface area contributed by atoms with E-state index in [4.69, 9.17) is 18.0 Å². The first kappa shape index (κ1) is 22.0. The van der Waals surface area contributed by atoms with Crippen LogP contribution in [0.25, 0.3) is 0 Å². The minimum Gasteiger partial charge on any atom is -0.469 e. The highest BCUT2D eigenvalue weighted by molar-refractivity contribution is 6.60. The number of carbonyl (C=O) groups excluding carboxylic acids is 2. The predicted molar refractivity (Wildman–Crippen MR) is 85.9 cm³/mol. The third-order valence-corrected chi connectivity index (χ3v) is 6.05. The van der Waals surface area contributed by atoms with Crippen LogP contribution in [-0.2, 0) is 32.3 Å². The summed E-state index contributed by atoms with van der Waals surface area (Å²) in [6.07, 6.45) is -0.102. The molecule has 136 valence electrons. The van der Waals surface area contributed by atoms with Crippen molar-refractivity contribution < 1.29 is 32.3 Å². The van der Waals surface area contributed by atoms with Crippen LogP contribution in [-0.4, -0.2) is 67.4 Å². The van der Waals surface area contributed by atoms with E-state index in [-0.39, 0.29) is 6.42 Å². The van der Waals surface area contributed by atoms with Crippen molar-refractivity contribution >= 4 is 20.7 Å². The molecule has 0 bridgehead atoms. The van der Waals surface area contributed by atoms with E-state index in [1.54, 1.807) is 0 Å². The van der Waals surface area contributed by atoms with Crippen molar-refractivity contribution in [2.24, 2.45) is 0 Å². The molecular weight excluding hydrogens is 322 g/mol. The molecule has 0 fully saturated rings. The van der Waals surface area contributed by atoms with E-state index in [0.717, 1.165) is 0 Å². The standard InChI is InChI=1S/C14H29NO7Si/c1-6-20-23(21-7-2,22-8-3)10-9-15-12(14(17)19-5)11-13(16)18-4/h12,15H,6-11H2,1-5H3. The van der Waals surface area contributed by atoms with Crippen LogP contribution in [0.5, 0.6) is 0 Å². The number of hydrogen-bond donors (Lipinski definition) is 1. The van der Waals surface area contributed by atoms with Crippen molar-refractivity contribution in [2.45, 2.75) is 39.3 Å². The minimum absolute atomic E-state index is 0.102. The molecule has 0 aromatic rings. The number of methoxy groups -OCH3 is 2. The molecule has 0 saturated heterocycles. The van der Waals surface area contributed by atoms with Crippen LogP contribution in [0.3, 0.4) is 0 Å². The van der Waals surface area contributed by atoms with Crippen molar-refractivity contribution in [3.05, 3.63) is 0 Å². The second-order valence-corrected chi connectivity index (χ2v) is 7.27. The number of nitrogens with one attached hydrogen (secondary N) is 1. The van der Waals surface area contributed by atoms with E-state index in [1.165, 1.54) is 14.2 Å². The van der Waals surface area contributed by atoms with Gasteiger partial charge in [0.25, 0.3) is 0 Å².